The Morgan fingerprint density at radius 3 is 2.76 bits per heavy atom. The van der Waals surface area contributed by atoms with Gasteiger partial charge in [0.2, 0.25) is 0 Å². The fourth-order valence-electron chi connectivity index (χ4n) is 1.79. The van der Waals surface area contributed by atoms with Gasteiger partial charge in [-0.15, -0.1) is 0 Å². The number of nitrogens with zero attached hydrogens (tertiary/aromatic N) is 2. The highest BCUT2D eigenvalue weighted by Gasteiger charge is 2.22. The molecule has 2 aliphatic rings. The van der Waals surface area contributed by atoms with E-state index in [1.807, 2.05) is 12.2 Å². The largest absolute Gasteiger partial charge is 0.508 e. The number of hydrogen-bond donors (Lipinski definition) is 1. The van der Waals surface area contributed by atoms with E-state index < -0.39 is 0 Å². The molecule has 0 saturated carbocycles. The van der Waals surface area contributed by atoms with Crippen LogP contribution in [0.3, 0.4) is 0 Å². The summed E-state index contributed by atoms with van der Waals surface area (Å²) in [5.41, 5.74) is 1.16. The van der Waals surface area contributed by atoms with E-state index in [-0.39, 0.29) is 0 Å². The van der Waals surface area contributed by atoms with E-state index in [2.05, 4.69) is 30.8 Å². The number of thioether (sulfide) groups is 1. The van der Waals surface area contributed by atoms with Crippen LogP contribution < -0.4 is 0 Å². The molecule has 92 valence electrons. The molecule has 0 fully saturated rings. The average molecular weight is 250 g/mol. The third-order valence-corrected chi connectivity index (χ3v) is 4.33. The monoisotopic (exact) mass is 250 g/mol. The van der Waals surface area contributed by atoms with E-state index in [1.54, 1.807) is 17.8 Å². The van der Waals surface area contributed by atoms with Crippen molar-refractivity contribution in [2.45, 2.75) is 38.5 Å². The Bertz CT molecular complexity index is 423. The van der Waals surface area contributed by atoms with Crippen LogP contribution in [0.5, 0.6) is 0 Å². The lowest BCUT2D eigenvalue weighted by molar-refractivity contribution is 0.427. The number of aliphatic hydroxyl groups is 1. The smallest absolute Gasteiger partial charge is 0.183 e. The van der Waals surface area contributed by atoms with Crippen molar-refractivity contribution >= 4 is 22.6 Å². The Morgan fingerprint density at radius 1 is 1.41 bits per heavy atom. The normalized spacial score (nSPS) is 32.9. The summed E-state index contributed by atoms with van der Waals surface area (Å²) in [4.78, 5) is 9.14. The molecule has 3 nitrogen and oxygen atoms in total. The molecule has 1 heterocycles. The SMILES string of the molecule is CC1=NC(SC2C=CC(O)=CC2)=NC(C)C1C. The number of aliphatic hydroxyl groups excluding tert-OH is 1. The zero-order chi connectivity index (χ0) is 12.4. The molecule has 1 N–H and O–H groups in total. The van der Waals surface area contributed by atoms with E-state index in [1.165, 1.54) is 0 Å². The average Bonchev–Trinajstić information content (AvgIpc) is 2.29. The van der Waals surface area contributed by atoms with Gasteiger partial charge < -0.3 is 5.11 Å². The maximum atomic E-state index is 9.26. The van der Waals surface area contributed by atoms with Crippen molar-refractivity contribution in [3.63, 3.8) is 0 Å². The first-order valence-electron chi connectivity index (χ1n) is 5.93. The Labute approximate surface area is 106 Å². The van der Waals surface area contributed by atoms with Crippen molar-refractivity contribution in [3.05, 3.63) is 24.0 Å². The van der Waals surface area contributed by atoms with Crippen LogP contribution >= 0.6 is 11.8 Å². The molecule has 4 heteroatoms. The highest BCUT2D eigenvalue weighted by molar-refractivity contribution is 8.14. The molecule has 2 rings (SSSR count). The van der Waals surface area contributed by atoms with Crippen molar-refractivity contribution in [2.75, 3.05) is 0 Å². The van der Waals surface area contributed by atoms with E-state index in [0.717, 1.165) is 17.3 Å². The minimum absolute atomic E-state index is 0.312. The van der Waals surface area contributed by atoms with Crippen LogP contribution in [0.4, 0.5) is 0 Å². The minimum atomic E-state index is 0.312. The Kier molecular flexibility index (Phi) is 3.72. The van der Waals surface area contributed by atoms with Crippen molar-refractivity contribution in [2.24, 2.45) is 15.9 Å². The fraction of sp³-hybridized carbons (Fsp3) is 0.538. The molecule has 0 spiro atoms. The van der Waals surface area contributed by atoms with Gasteiger partial charge in [-0.2, -0.15) is 0 Å². The summed E-state index contributed by atoms with van der Waals surface area (Å²) in [6, 6.07) is 0.312. The first kappa shape index (κ1) is 12.4. The second-order valence-corrected chi connectivity index (χ2v) is 5.78. The van der Waals surface area contributed by atoms with Gasteiger partial charge in [-0.3, -0.25) is 4.99 Å². The molecule has 1 aliphatic carbocycles. The molecule has 3 unspecified atom stereocenters. The summed E-state index contributed by atoms with van der Waals surface area (Å²) < 4.78 is 0. The molecule has 0 bridgehead atoms. The quantitative estimate of drug-likeness (QED) is 0.775. The Morgan fingerprint density at radius 2 is 2.18 bits per heavy atom. The van der Waals surface area contributed by atoms with Crippen molar-refractivity contribution in [1.82, 2.24) is 0 Å². The predicted octanol–water partition coefficient (Wildman–Crippen LogP) is 3.35. The lowest BCUT2D eigenvalue weighted by Gasteiger charge is -2.23. The van der Waals surface area contributed by atoms with Gasteiger partial charge in [0.1, 0.15) is 5.76 Å². The molecule has 1 aliphatic heterocycles. The van der Waals surface area contributed by atoms with Gasteiger partial charge in [0.05, 0.1) is 6.04 Å². The number of aliphatic imine (C=N–C) groups is 2. The molecule has 3 atom stereocenters. The van der Waals surface area contributed by atoms with Crippen LogP contribution in [0.1, 0.15) is 27.2 Å². The maximum Gasteiger partial charge on any atom is 0.183 e. The third kappa shape index (κ3) is 3.00. The number of rotatable bonds is 1. The van der Waals surface area contributed by atoms with Gasteiger partial charge >= 0.3 is 0 Å². The van der Waals surface area contributed by atoms with E-state index >= 15 is 0 Å². The number of hydrogen-bond acceptors (Lipinski definition) is 4. The van der Waals surface area contributed by atoms with E-state index in [4.69, 9.17) is 0 Å². The van der Waals surface area contributed by atoms with Crippen molar-refractivity contribution in [1.29, 1.82) is 0 Å². The topological polar surface area (TPSA) is 45.0 Å². The Hall–Kier alpha value is -1.03. The summed E-state index contributed by atoms with van der Waals surface area (Å²) in [7, 11) is 0. The second-order valence-electron chi connectivity index (χ2n) is 4.57. The summed E-state index contributed by atoms with van der Waals surface area (Å²) in [6.45, 7) is 6.36. The lowest BCUT2D eigenvalue weighted by Crippen LogP contribution is -2.25. The van der Waals surface area contributed by atoms with Crippen molar-refractivity contribution in [3.8, 4) is 0 Å². The lowest BCUT2D eigenvalue weighted by atomic mass is 9.99. The summed E-state index contributed by atoms with van der Waals surface area (Å²) in [5, 5.41) is 10.5. The molecule has 0 aromatic carbocycles. The molecule has 0 amide bonds. The maximum absolute atomic E-state index is 9.26. The third-order valence-electron chi connectivity index (χ3n) is 3.27. The van der Waals surface area contributed by atoms with E-state index in [0.29, 0.717) is 23.0 Å². The van der Waals surface area contributed by atoms with Crippen LogP contribution in [0, 0.1) is 5.92 Å². The van der Waals surface area contributed by atoms with Gasteiger partial charge in [-0.1, -0.05) is 24.8 Å². The van der Waals surface area contributed by atoms with Crippen LogP contribution in [0.15, 0.2) is 34.0 Å². The first-order valence-corrected chi connectivity index (χ1v) is 6.81. The van der Waals surface area contributed by atoms with Crippen molar-refractivity contribution < 1.29 is 5.11 Å². The first-order chi connectivity index (χ1) is 8.06. The standard InChI is InChI=1S/C13H18N2OS/c1-8-9(2)14-13(15-10(8)3)17-12-6-4-11(16)5-7-12/h4-6,8-9,12,16H,7H2,1-3H3. The predicted molar refractivity (Wildman–Crippen MR) is 75.0 cm³/mol. The molecule has 0 aromatic heterocycles. The van der Waals surface area contributed by atoms with Gasteiger partial charge in [0, 0.05) is 16.9 Å². The summed E-state index contributed by atoms with van der Waals surface area (Å²) in [5.74, 6) is 0.791. The summed E-state index contributed by atoms with van der Waals surface area (Å²) >= 11 is 1.67. The van der Waals surface area contributed by atoms with Gasteiger partial charge in [0.25, 0.3) is 0 Å². The molecular formula is C13H18N2OS. The molecule has 17 heavy (non-hydrogen) atoms. The fourth-order valence-corrected chi connectivity index (χ4v) is 2.83. The highest BCUT2D eigenvalue weighted by atomic mass is 32.2. The zero-order valence-corrected chi connectivity index (χ0v) is 11.2. The highest BCUT2D eigenvalue weighted by Crippen LogP contribution is 2.27. The molecule has 0 saturated heterocycles. The van der Waals surface area contributed by atoms with E-state index in [9.17, 15) is 5.11 Å². The van der Waals surface area contributed by atoms with Crippen LogP contribution in [0.2, 0.25) is 0 Å². The number of allylic oxidation sites excluding steroid dienone is 2. The van der Waals surface area contributed by atoms with Crippen LogP contribution in [-0.4, -0.2) is 27.3 Å². The van der Waals surface area contributed by atoms with Crippen LogP contribution in [0.25, 0.3) is 0 Å². The summed E-state index contributed by atoms with van der Waals surface area (Å²) in [6.07, 6.45) is 6.43. The zero-order valence-electron chi connectivity index (χ0n) is 10.4. The van der Waals surface area contributed by atoms with Gasteiger partial charge in [-0.25, -0.2) is 4.99 Å². The second kappa shape index (κ2) is 5.08. The Balaban J connectivity index is 2.01. The minimum Gasteiger partial charge on any atom is -0.508 e. The number of amidine groups is 1. The molecular weight excluding hydrogens is 232 g/mol. The molecule has 0 aromatic rings. The van der Waals surface area contributed by atoms with Crippen LogP contribution in [-0.2, 0) is 0 Å². The molecule has 0 radical (unpaired) electrons. The van der Waals surface area contributed by atoms with Gasteiger partial charge in [0.15, 0.2) is 5.17 Å². The van der Waals surface area contributed by atoms with Gasteiger partial charge in [-0.05, 0) is 32.4 Å².